The molecule has 3 aromatic heterocycles. The highest BCUT2D eigenvalue weighted by Crippen LogP contribution is 2.37. The molecule has 0 radical (unpaired) electrons. The summed E-state index contributed by atoms with van der Waals surface area (Å²) in [6, 6.07) is 6.12. The van der Waals surface area contributed by atoms with Crippen LogP contribution >= 0.6 is 22.7 Å². The Balaban J connectivity index is 2.16. The lowest BCUT2D eigenvalue weighted by Crippen LogP contribution is -2.20. The number of hydrogen-bond donors (Lipinski definition) is 0. The van der Waals surface area contributed by atoms with Crippen molar-refractivity contribution in [1.29, 1.82) is 5.26 Å². The molecule has 4 nitrogen and oxygen atoms in total. The molecule has 0 fully saturated rings. The lowest BCUT2D eigenvalue weighted by atomic mass is 10.1. The van der Waals surface area contributed by atoms with Gasteiger partial charge in [-0.15, -0.1) is 22.7 Å². The van der Waals surface area contributed by atoms with Gasteiger partial charge in [0, 0.05) is 28.3 Å². The minimum atomic E-state index is -0.00862. The van der Waals surface area contributed by atoms with Gasteiger partial charge in [0.25, 0.3) is 5.56 Å². The number of aryl methyl sites for hydroxylation is 2. The number of unbranched alkanes of at least 4 members (excludes halogenated alkanes) is 1. The standard InChI is InChI=1S/C15H13N3OS2/c1-10-12(11-5-4-8-20-11)13-14(21-10)17-9-18(15(13)19)7-3-2-6-16/h4-5,8-9H,2-3,7H2,1H3. The van der Waals surface area contributed by atoms with Gasteiger partial charge in [-0.25, -0.2) is 4.98 Å². The first-order valence-electron chi connectivity index (χ1n) is 6.61. The SMILES string of the molecule is Cc1sc2ncn(CCCC#N)c(=O)c2c1-c1cccs1. The molecule has 0 aromatic carbocycles. The molecule has 0 N–H and O–H groups in total. The van der Waals surface area contributed by atoms with Crippen molar-refractivity contribution < 1.29 is 0 Å². The quantitative estimate of drug-likeness (QED) is 0.688. The summed E-state index contributed by atoms with van der Waals surface area (Å²) in [6.07, 6.45) is 2.71. The predicted molar refractivity (Wildman–Crippen MR) is 86.8 cm³/mol. The van der Waals surface area contributed by atoms with Crippen LogP contribution < -0.4 is 5.56 Å². The Bertz CT molecular complexity index is 869. The third kappa shape index (κ3) is 2.50. The number of nitrogens with zero attached hydrogens (tertiary/aromatic N) is 3. The minimum absolute atomic E-state index is 0.00862. The Hall–Kier alpha value is -1.97. The van der Waals surface area contributed by atoms with E-state index < -0.39 is 0 Å². The maximum absolute atomic E-state index is 12.7. The molecule has 3 heterocycles. The molecule has 21 heavy (non-hydrogen) atoms. The van der Waals surface area contributed by atoms with E-state index in [-0.39, 0.29) is 5.56 Å². The van der Waals surface area contributed by atoms with Crippen molar-refractivity contribution in [2.24, 2.45) is 0 Å². The van der Waals surface area contributed by atoms with E-state index >= 15 is 0 Å². The monoisotopic (exact) mass is 315 g/mol. The van der Waals surface area contributed by atoms with Gasteiger partial charge in [0.1, 0.15) is 4.83 Å². The van der Waals surface area contributed by atoms with Crippen LogP contribution in [0.5, 0.6) is 0 Å². The Morgan fingerprint density at radius 1 is 1.48 bits per heavy atom. The Morgan fingerprint density at radius 2 is 2.33 bits per heavy atom. The van der Waals surface area contributed by atoms with Crippen LogP contribution in [-0.2, 0) is 6.54 Å². The van der Waals surface area contributed by atoms with Gasteiger partial charge in [-0.2, -0.15) is 5.26 Å². The third-order valence-electron chi connectivity index (χ3n) is 3.31. The Kier molecular flexibility index (Phi) is 3.86. The summed E-state index contributed by atoms with van der Waals surface area (Å²) in [7, 11) is 0. The maximum Gasteiger partial charge on any atom is 0.262 e. The lowest BCUT2D eigenvalue weighted by molar-refractivity contribution is 0.627. The van der Waals surface area contributed by atoms with Crippen molar-refractivity contribution >= 4 is 32.9 Å². The molecule has 0 atom stereocenters. The van der Waals surface area contributed by atoms with Crippen LogP contribution in [0.15, 0.2) is 28.6 Å². The first-order chi connectivity index (χ1) is 10.2. The molecule has 0 amide bonds. The van der Waals surface area contributed by atoms with Crippen LogP contribution in [0.25, 0.3) is 20.7 Å². The zero-order valence-electron chi connectivity index (χ0n) is 11.5. The largest absolute Gasteiger partial charge is 0.299 e. The molecular weight excluding hydrogens is 302 g/mol. The zero-order chi connectivity index (χ0) is 14.8. The number of fused-ring (bicyclic) bond motifs is 1. The van der Waals surface area contributed by atoms with Gasteiger partial charge in [0.05, 0.1) is 17.8 Å². The van der Waals surface area contributed by atoms with E-state index in [1.165, 1.54) is 0 Å². The second-order valence-corrected chi connectivity index (χ2v) is 6.85. The smallest absolute Gasteiger partial charge is 0.262 e. The summed E-state index contributed by atoms with van der Waals surface area (Å²) in [5.74, 6) is 0. The maximum atomic E-state index is 12.7. The summed E-state index contributed by atoms with van der Waals surface area (Å²) >= 11 is 3.19. The van der Waals surface area contributed by atoms with Crippen molar-refractivity contribution in [3.63, 3.8) is 0 Å². The molecule has 0 spiro atoms. The number of hydrogen-bond acceptors (Lipinski definition) is 5. The van der Waals surface area contributed by atoms with E-state index in [0.29, 0.717) is 24.8 Å². The molecule has 0 saturated carbocycles. The third-order valence-corrected chi connectivity index (χ3v) is 5.21. The fourth-order valence-electron chi connectivity index (χ4n) is 2.34. The highest BCUT2D eigenvalue weighted by Gasteiger charge is 2.17. The molecule has 0 unspecified atom stereocenters. The molecule has 0 aliphatic heterocycles. The van der Waals surface area contributed by atoms with E-state index in [4.69, 9.17) is 5.26 Å². The topological polar surface area (TPSA) is 58.7 Å². The fraction of sp³-hybridized carbons (Fsp3) is 0.267. The predicted octanol–water partition coefficient (Wildman–Crippen LogP) is 3.80. The van der Waals surface area contributed by atoms with Gasteiger partial charge in [-0.1, -0.05) is 6.07 Å². The van der Waals surface area contributed by atoms with Crippen molar-refractivity contribution in [1.82, 2.24) is 9.55 Å². The van der Waals surface area contributed by atoms with E-state index in [2.05, 4.69) is 11.1 Å². The van der Waals surface area contributed by atoms with Crippen molar-refractivity contribution in [2.75, 3.05) is 0 Å². The van der Waals surface area contributed by atoms with Crippen LogP contribution in [-0.4, -0.2) is 9.55 Å². The van der Waals surface area contributed by atoms with Crippen LogP contribution in [0.1, 0.15) is 17.7 Å². The van der Waals surface area contributed by atoms with Gasteiger partial charge in [0.2, 0.25) is 0 Å². The number of rotatable bonds is 4. The first kappa shape index (κ1) is 14.0. The van der Waals surface area contributed by atoms with E-state index in [1.807, 2.05) is 24.4 Å². The molecule has 3 aromatic rings. The summed E-state index contributed by atoms with van der Waals surface area (Å²) in [5, 5.41) is 11.3. The Morgan fingerprint density at radius 3 is 3.05 bits per heavy atom. The molecule has 0 aliphatic carbocycles. The van der Waals surface area contributed by atoms with E-state index in [0.717, 1.165) is 20.1 Å². The fourth-order valence-corrected chi connectivity index (χ4v) is 4.24. The normalized spacial score (nSPS) is 10.9. The average Bonchev–Trinajstić information content (AvgIpc) is 3.08. The zero-order valence-corrected chi connectivity index (χ0v) is 13.1. The van der Waals surface area contributed by atoms with Gasteiger partial charge in [0.15, 0.2) is 0 Å². The number of thiophene rings is 2. The van der Waals surface area contributed by atoms with Gasteiger partial charge < -0.3 is 0 Å². The first-order valence-corrected chi connectivity index (χ1v) is 8.31. The highest BCUT2D eigenvalue weighted by atomic mass is 32.1. The molecule has 6 heteroatoms. The van der Waals surface area contributed by atoms with Crippen molar-refractivity contribution in [3.8, 4) is 16.5 Å². The van der Waals surface area contributed by atoms with Crippen LogP contribution in [0.4, 0.5) is 0 Å². The summed E-state index contributed by atoms with van der Waals surface area (Å²) in [5.41, 5.74) is 1.00. The lowest BCUT2D eigenvalue weighted by Gasteiger charge is -2.04. The molecule has 0 bridgehead atoms. The summed E-state index contributed by atoms with van der Waals surface area (Å²) in [4.78, 5) is 20.1. The molecule has 0 aliphatic rings. The van der Waals surface area contributed by atoms with Crippen LogP contribution in [0.2, 0.25) is 0 Å². The number of aromatic nitrogens is 2. The second-order valence-electron chi connectivity index (χ2n) is 4.70. The number of nitriles is 1. The average molecular weight is 315 g/mol. The van der Waals surface area contributed by atoms with E-state index in [1.54, 1.807) is 33.6 Å². The van der Waals surface area contributed by atoms with Gasteiger partial charge in [-0.3, -0.25) is 9.36 Å². The molecule has 106 valence electrons. The molecule has 3 rings (SSSR count). The van der Waals surface area contributed by atoms with E-state index in [9.17, 15) is 4.79 Å². The van der Waals surface area contributed by atoms with Gasteiger partial charge >= 0.3 is 0 Å². The highest BCUT2D eigenvalue weighted by molar-refractivity contribution is 7.20. The van der Waals surface area contributed by atoms with Gasteiger partial charge in [-0.05, 0) is 24.8 Å². The second kappa shape index (κ2) is 5.80. The Labute approximate surface area is 129 Å². The molecular formula is C15H13N3OS2. The van der Waals surface area contributed by atoms with Crippen molar-refractivity contribution in [2.45, 2.75) is 26.3 Å². The minimum Gasteiger partial charge on any atom is -0.299 e. The summed E-state index contributed by atoms with van der Waals surface area (Å²) < 4.78 is 1.61. The summed E-state index contributed by atoms with van der Waals surface area (Å²) in [6.45, 7) is 2.56. The van der Waals surface area contributed by atoms with Crippen molar-refractivity contribution in [3.05, 3.63) is 39.1 Å². The van der Waals surface area contributed by atoms with Crippen LogP contribution in [0, 0.1) is 18.3 Å². The molecule has 0 saturated heterocycles. The van der Waals surface area contributed by atoms with Crippen LogP contribution in [0.3, 0.4) is 0 Å².